The van der Waals surface area contributed by atoms with Crippen LogP contribution in [-0.4, -0.2) is 42.5 Å². The highest BCUT2D eigenvalue weighted by molar-refractivity contribution is 5.76. The SMILES string of the molecule is CN1CCN(C/C=C/c2ccccc2)C1=O. The molecule has 2 amide bonds. The maximum absolute atomic E-state index is 11.6. The zero-order chi connectivity index (χ0) is 11.4. The van der Waals surface area contributed by atoms with E-state index in [0.717, 1.165) is 13.1 Å². The summed E-state index contributed by atoms with van der Waals surface area (Å²) in [5, 5.41) is 0. The number of benzene rings is 1. The molecule has 0 aliphatic carbocycles. The quantitative estimate of drug-likeness (QED) is 0.758. The average Bonchev–Trinajstić information content (AvgIpc) is 2.62. The number of carbonyl (C=O) groups is 1. The molecule has 1 aliphatic rings. The highest BCUT2D eigenvalue weighted by Gasteiger charge is 2.23. The van der Waals surface area contributed by atoms with E-state index in [4.69, 9.17) is 0 Å². The van der Waals surface area contributed by atoms with E-state index >= 15 is 0 Å². The molecule has 0 spiro atoms. The summed E-state index contributed by atoms with van der Waals surface area (Å²) in [5.74, 6) is 0. The maximum atomic E-state index is 11.6. The fraction of sp³-hybridized carbons (Fsp3) is 0.308. The first-order valence-corrected chi connectivity index (χ1v) is 5.49. The number of urea groups is 1. The van der Waals surface area contributed by atoms with Gasteiger partial charge < -0.3 is 9.80 Å². The first kappa shape index (κ1) is 10.7. The number of hydrogen-bond donors (Lipinski definition) is 0. The van der Waals surface area contributed by atoms with Crippen LogP contribution in [0, 0.1) is 0 Å². The molecule has 1 heterocycles. The second kappa shape index (κ2) is 4.84. The van der Waals surface area contributed by atoms with Crippen LogP contribution in [0.2, 0.25) is 0 Å². The molecule has 16 heavy (non-hydrogen) atoms. The van der Waals surface area contributed by atoms with Gasteiger partial charge in [-0.15, -0.1) is 0 Å². The molecular formula is C13H16N2O. The van der Waals surface area contributed by atoms with Crippen LogP contribution < -0.4 is 0 Å². The van der Waals surface area contributed by atoms with Gasteiger partial charge in [-0.2, -0.15) is 0 Å². The van der Waals surface area contributed by atoms with E-state index in [1.807, 2.05) is 42.3 Å². The Morgan fingerprint density at radius 1 is 1.25 bits per heavy atom. The van der Waals surface area contributed by atoms with Crippen LogP contribution in [0.3, 0.4) is 0 Å². The molecule has 1 aromatic rings. The zero-order valence-corrected chi connectivity index (χ0v) is 9.47. The summed E-state index contributed by atoms with van der Waals surface area (Å²) < 4.78 is 0. The summed E-state index contributed by atoms with van der Waals surface area (Å²) in [6.45, 7) is 2.35. The molecule has 1 aliphatic heterocycles. The summed E-state index contributed by atoms with van der Waals surface area (Å²) in [4.78, 5) is 15.2. The molecule has 0 saturated carbocycles. The number of carbonyl (C=O) groups excluding carboxylic acids is 1. The summed E-state index contributed by atoms with van der Waals surface area (Å²) in [6.07, 6.45) is 4.08. The van der Waals surface area contributed by atoms with E-state index < -0.39 is 0 Å². The van der Waals surface area contributed by atoms with Gasteiger partial charge in [-0.25, -0.2) is 4.79 Å². The Morgan fingerprint density at radius 2 is 2.00 bits per heavy atom. The third kappa shape index (κ3) is 2.42. The molecule has 0 aromatic heterocycles. The topological polar surface area (TPSA) is 23.6 Å². The summed E-state index contributed by atoms with van der Waals surface area (Å²) in [5.41, 5.74) is 1.17. The summed E-state index contributed by atoms with van der Waals surface area (Å²) in [6, 6.07) is 10.2. The summed E-state index contributed by atoms with van der Waals surface area (Å²) in [7, 11) is 1.84. The monoisotopic (exact) mass is 216 g/mol. The number of nitrogens with zero attached hydrogens (tertiary/aromatic N) is 2. The van der Waals surface area contributed by atoms with Crippen LogP contribution in [0.25, 0.3) is 6.08 Å². The highest BCUT2D eigenvalue weighted by atomic mass is 16.2. The minimum atomic E-state index is 0.123. The van der Waals surface area contributed by atoms with Gasteiger partial charge in [0.25, 0.3) is 0 Å². The lowest BCUT2D eigenvalue weighted by atomic mass is 10.2. The van der Waals surface area contributed by atoms with Crippen molar-refractivity contribution in [3.63, 3.8) is 0 Å². The Bertz CT molecular complexity index is 386. The van der Waals surface area contributed by atoms with Crippen molar-refractivity contribution < 1.29 is 4.79 Å². The zero-order valence-electron chi connectivity index (χ0n) is 9.47. The van der Waals surface area contributed by atoms with Gasteiger partial charge in [0.1, 0.15) is 0 Å². The number of hydrogen-bond acceptors (Lipinski definition) is 1. The van der Waals surface area contributed by atoms with Gasteiger partial charge >= 0.3 is 6.03 Å². The molecule has 0 atom stereocenters. The number of rotatable bonds is 3. The molecule has 2 rings (SSSR count). The standard InChI is InChI=1S/C13H16N2O/c1-14-10-11-15(13(14)16)9-5-8-12-6-3-2-4-7-12/h2-8H,9-11H2,1H3/b8-5+. The van der Waals surface area contributed by atoms with Crippen LogP contribution in [-0.2, 0) is 0 Å². The van der Waals surface area contributed by atoms with E-state index in [0.29, 0.717) is 6.54 Å². The Balaban J connectivity index is 1.88. The van der Waals surface area contributed by atoms with E-state index in [2.05, 4.69) is 12.1 Å². The largest absolute Gasteiger partial charge is 0.326 e. The minimum Gasteiger partial charge on any atom is -0.326 e. The van der Waals surface area contributed by atoms with E-state index in [1.54, 1.807) is 4.90 Å². The lowest BCUT2D eigenvalue weighted by molar-refractivity contribution is 0.202. The predicted molar refractivity (Wildman–Crippen MR) is 65.1 cm³/mol. The minimum absolute atomic E-state index is 0.123. The molecule has 84 valence electrons. The molecule has 1 aromatic carbocycles. The van der Waals surface area contributed by atoms with Crippen molar-refractivity contribution in [2.45, 2.75) is 0 Å². The van der Waals surface area contributed by atoms with Crippen LogP contribution in [0.5, 0.6) is 0 Å². The van der Waals surface area contributed by atoms with Crippen LogP contribution in [0.4, 0.5) is 4.79 Å². The third-order valence-electron chi connectivity index (χ3n) is 2.74. The fourth-order valence-corrected chi connectivity index (χ4v) is 1.75. The van der Waals surface area contributed by atoms with E-state index in [9.17, 15) is 4.79 Å². The molecule has 0 unspecified atom stereocenters. The van der Waals surface area contributed by atoms with Crippen molar-refractivity contribution >= 4 is 12.1 Å². The lowest BCUT2D eigenvalue weighted by Gasteiger charge is -2.12. The highest BCUT2D eigenvalue weighted by Crippen LogP contribution is 2.07. The summed E-state index contributed by atoms with van der Waals surface area (Å²) >= 11 is 0. The molecule has 3 nitrogen and oxygen atoms in total. The Hall–Kier alpha value is -1.77. The van der Waals surface area contributed by atoms with Crippen molar-refractivity contribution in [2.75, 3.05) is 26.7 Å². The second-order valence-electron chi connectivity index (χ2n) is 3.96. The van der Waals surface area contributed by atoms with E-state index in [-0.39, 0.29) is 6.03 Å². The first-order chi connectivity index (χ1) is 7.77. The Labute approximate surface area is 96.0 Å². The lowest BCUT2D eigenvalue weighted by Crippen LogP contribution is -2.29. The van der Waals surface area contributed by atoms with Crippen molar-refractivity contribution in [1.29, 1.82) is 0 Å². The second-order valence-corrected chi connectivity index (χ2v) is 3.96. The van der Waals surface area contributed by atoms with Gasteiger partial charge in [0, 0.05) is 26.7 Å². The molecular weight excluding hydrogens is 200 g/mol. The van der Waals surface area contributed by atoms with Crippen molar-refractivity contribution in [3.05, 3.63) is 42.0 Å². The van der Waals surface area contributed by atoms with Crippen LogP contribution in [0.1, 0.15) is 5.56 Å². The van der Waals surface area contributed by atoms with Crippen LogP contribution in [0.15, 0.2) is 36.4 Å². The van der Waals surface area contributed by atoms with Gasteiger partial charge in [-0.1, -0.05) is 42.5 Å². The van der Waals surface area contributed by atoms with Gasteiger partial charge in [-0.05, 0) is 5.56 Å². The molecule has 1 saturated heterocycles. The normalized spacial score (nSPS) is 16.4. The van der Waals surface area contributed by atoms with Gasteiger partial charge in [0.05, 0.1) is 0 Å². The van der Waals surface area contributed by atoms with Gasteiger partial charge in [0.2, 0.25) is 0 Å². The molecule has 0 radical (unpaired) electrons. The smallest absolute Gasteiger partial charge is 0.320 e. The van der Waals surface area contributed by atoms with E-state index in [1.165, 1.54) is 5.56 Å². The Kier molecular flexibility index (Phi) is 3.25. The molecule has 3 heteroatoms. The van der Waals surface area contributed by atoms with Gasteiger partial charge in [0.15, 0.2) is 0 Å². The molecule has 1 fully saturated rings. The molecule has 0 N–H and O–H groups in total. The van der Waals surface area contributed by atoms with Gasteiger partial charge in [-0.3, -0.25) is 0 Å². The first-order valence-electron chi connectivity index (χ1n) is 5.49. The van der Waals surface area contributed by atoms with Crippen molar-refractivity contribution in [3.8, 4) is 0 Å². The van der Waals surface area contributed by atoms with Crippen LogP contribution >= 0.6 is 0 Å². The van der Waals surface area contributed by atoms with Crippen molar-refractivity contribution in [2.24, 2.45) is 0 Å². The van der Waals surface area contributed by atoms with Crippen molar-refractivity contribution in [1.82, 2.24) is 9.80 Å². The number of amides is 2. The third-order valence-corrected chi connectivity index (χ3v) is 2.74. The number of likely N-dealkylation sites (N-methyl/N-ethyl adjacent to an activating group) is 1. The fourth-order valence-electron chi connectivity index (χ4n) is 1.75. The predicted octanol–water partition coefficient (Wildman–Crippen LogP) is 2.07. The molecule has 0 bridgehead atoms. The average molecular weight is 216 g/mol. The maximum Gasteiger partial charge on any atom is 0.320 e. The Morgan fingerprint density at radius 3 is 2.62 bits per heavy atom.